The largest absolute Gasteiger partial charge is 0.497 e. The van der Waals surface area contributed by atoms with Crippen LogP contribution in [0.5, 0.6) is 11.5 Å². The van der Waals surface area contributed by atoms with E-state index < -0.39 is 0 Å². The summed E-state index contributed by atoms with van der Waals surface area (Å²) in [7, 11) is 3.26. The minimum absolute atomic E-state index is 0.324. The third-order valence-electron chi connectivity index (χ3n) is 5.46. The predicted molar refractivity (Wildman–Crippen MR) is 121 cm³/mol. The minimum atomic E-state index is 0.324. The standard InChI is InChI=1S/C25H25N3O3/c1-29-20-10-6-18(7-11-20)23-22(16-26)25(27-17-28-14-4-3-5-15-28)31-24(23)19-8-12-21(30-2)13-9-19/h6-13,17H,3-5,14-15H2,1-2H3. The fourth-order valence-electron chi connectivity index (χ4n) is 3.76. The second kappa shape index (κ2) is 9.40. The Balaban J connectivity index is 1.81. The van der Waals surface area contributed by atoms with Crippen molar-refractivity contribution in [3.63, 3.8) is 0 Å². The van der Waals surface area contributed by atoms with Crippen LogP contribution in [0.2, 0.25) is 0 Å². The van der Waals surface area contributed by atoms with Gasteiger partial charge in [0.1, 0.15) is 28.9 Å². The molecule has 0 unspecified atom stereocenters. The van der Waals surface area contributed by atoms with Crippen LogP contribution in [0, 0.1) is 11.3 Å². The molecule has 1 fully saturated rings. The van der Waals surface area contributed by atoms with E-state index in [1.807, 2.05) is 48.5 Å². The Morgan fingerprint density at radius 2 is 1.48 bits per heavy atom. The van der Waals surface area contributed by atoms with Crippen molar-refractivity contribution in [1.82, 2.24) is 4.90 Å². The van der Waals surface area contributed by atoms with Crippen LogP contribution in [0.1, 0.15) is 24.8 Å². The third-order valence-corrected chi connectivity index (χ3v) is 5.46. The molecule has 1 aliphatic heterocycles. The number of nitrogens with zero attached hydrogens (tertiary/aromatic N) is 3. The number of nitriles is 1. The molecule has 2 aromatic carbocycles. The summed E-state index contributed by atoms with van der Waals surface area (Å²) in [6.07, 6.45) is 5.36. The van der Waals surface area contributed by atoms with Crippen molar-refractivity contribution < 1.29 is 13.9 Å². The zero-order valence-corrected chi connectivity index (χ0v) is 17.8. The lowest BCUT2D eigenvalue weighted by molar-refractivity contribution is 0.350. The van der Waals surface area contributed by atoms with Gasteiger partial charge in [-0.2, -0.15) is 5.26 Å². The molecule has 6 nitrogen and oxygen atoms in total. The molecular weight excluding hydrogens is 390 g/mol. The second-order valence-corrected chi connectivity index (χ2v) is 7.40. The molecule has 0 N–H and O–H groups in total. The molecule has 158 valence electrons. The average Bonchev–Trinajstić information content (AvgIpc) is 3.22. The molecule has 0 saturated carbocycles. The van der Waals surface area contributed by atoms with Gasteiger partial charge < -0.3 is 18.8 Å². The topological polar surface area (TPSA) is 71.0 Å². The van der Waals surface area contributed by atoms with Crippen LogP contribution in [0.25, 0.3) is 22.5 Å². The molecule has 0 spiro atoms. The second-order valence-electron chi connectivity index (χ2n) is 7.40. The first-order valence-corrected chi connectivity index (χ1v) is 10.4. The molecule has 0 aliphatic carbocycles. The van der Waals surface area contributed by atoms with Crippen LogP contribution in [-0.2, 0) is 0 Å². The lowest BCUT2D eigenvalue weighted by Crippen LogP contribution is -2.27. The van der Waals surface area contributed by atoms with Crippen molar-refractivity contribution in [2.45, 2.75) is 19.3 Å². The number of hydrogen-bond acceptors (Lipinski definition) is 5. The molecule has 0 atom stereocenters. The van der Waals surface area contributed by atoms with Gasteiger partial charge in [-0.15, -0.1) is 0 Å². The van der Waals surface area contributed by atoms with E-state index in [-0.39, 0.29) is 0 Å². The number of aliphatic imine (C=N–C) groups is 1. The molecule has 0 bridgehead atoms. The molecule has 1 saturated heterocycles. The first-order chi connectivity index (χ1) is 15.2. The number of piperidine rings is 1. The molecular formula is C25H25N3O3. The Bertz CT molecular complexity index is 1090. The third kappa shape index (κ3) is 4.41. The predicted octanol–water partition coefficient (Wildman–Crippen LogP) is 5.65. The summed E-state index contributed by atoms with van der Waals surface area (Å²) in [4.78, 5) is 6.74. The minimum Gasteiger partial charge on any atom is -0.497 e. The highest BCUT2D eigenvalue weighted by molar-refractivity contribution is 5.88. The number of methoxy groups -OCH3 is 2. The maximum Gasteiger partial charge on any atom is 0.239 e. The number of ether oxygens (including phenoxy) is 2. The molecule has 6 heteroatoms. The molecule has 1 aromatic heterocycles. The molecule has 0 amide bonds. The Labute approximate surface area is 182 Å². The number of rotatable bonds is 6. The summed E-state index contributed by atoms with van der Waals surface area (Å²) in [5, 5.41) is 10.00. The Morgan fingerprint density at radius 3 is 2.03 bits per heavy atom. The first-order valence-electron chi connectivity index (χ1n) is 10.4. The van der Waals surface area contributed by atoms with E-state index in [9.17, 15) is 5.26 Å². The summed E-state index contributed by atoms with van der Waals surface area (Å²) < 4.78 is 16.7. The number of likely N-dealkylation sites (tertiary alicyclic amines) is 1. The van der Waals surface area contributed by atoms with Crippen molar-refractivity contribution in [3.05, 3.63) is 54.1 Å². The molecule has 0 radical (unpaired) electrons. The normalized spacial score (nSPS) is 13.9. The van der Waals surface area contributed by atoms with E-state index in [1.54, 1.807) is 20.6 Å². The number of furan rings is 1. The summed E-state index contributed by atoms with van der Waals surface area (Å²) in [6, 6.07) is 17.5. The Morgan fingerprint density at radius 1 is 0.903 bits per heavy atom. The van der Waals surface area contributed by atoms with Gasteiger partial charge in [-0.3, -0.25) is 0 Å². The van der Waals surface area contributed by atoms with Crippen molar-refractivity contribution in [3.8, 4) is 40.0 Å². The highest BCUT2D eigenvalue weighted by Crippen LogP contribution is 2.43. The molecule has 4 rings (SSSR count). The lowest BCUT2D eigenvalue weighted by atomic mass is 9.98. The van der Waals surface area contributed by atoms with Gasteiger partial charge in [-0.25, -0.2) is 4.99 Å². The Hall–Kier alpha value is -3.72. The summed E-state index contributed by atoms with van der Waals surface area (Å²) in [5.74, 6) is 2.44. The van der Waals surface area contributed by atoms with Gasteiger partial charge in [0, 0.05) is 24.2 Å². The van der Waals surface area contributed by atoms with Crippen LogP contribution < -0.4 is 9.47 Å². The zero-order valence-electron chi connectivity index (χ0n) is 17.8. The first kappa shape index (κ1) is 20.5. The van der Waals surface area contributed by atoms with Crippen molar-refractivity contribution in [1.29, 1.82) is 5.26 Å². The zero-order chi connectivity index (χ0) is 21.6. The van der Waals surface area contributed by atoms with Crippen molar-refractivity contribution in [2.24, 2.45) is 4.99 Å². The quantitative estimate of drug-likeness (QED) is 0.384. The highest BCUT2D eigenvalue weighted by atomic mass is 16.5. The van der Waals surface area contributed by atoms with Gasteiger partial charge in [0.05, 0.1) is 20.6 Å². The van der Waals surface area contributed by atoms with Crippen molar-refractivity contribution >= 4 is 12.2 Å². The van der Waals surface area contributed by atoms with Gasteiger partial charge in [-0.05, 0) is 61.2 Å². The van der Waals surface area contributed by atoms with Gasteiger partial charge in [0.2, 0.25) is 5.88 Å². The summed E-state index contributed by atoms with van der Waals surface area (Å²) in [5.41, 5.74) is 2.86. The smallest absolute Gasteiger partial charge is 0.239 e. The lowest BCUT2D eigenvalue weighted by Gasteiger charge is -2.23. The SMILES string of the molecule is COc1ccc(-c2oc(N=CN3CCCCC3)c(C#N)c2-c2ccc(OC)cc2)cc1. The van der Waals surface area contributed by atoms with E-state index in [2.05, 4.69) is 16.0 Å². The molecule has 2 heterocycles. The maximum absolute atomic E-state index is 10.00. The van der Waals surface area contributed by atoms with Gasteiger partial charge in [0.15, 0.2) is 0 Å². The number of hydrogen-bond donors (Lipinski definition) is 0. The molecule has 31 heavy (non-hydrogen) atoms. The summed E-state index contributed by atoms with van der Waals surface area (Å²) >= 11 is 0. The number of benzene rings is 2. The van der Waals surface area contributed by atoms with Crippen LogP contribution in [0.4, 0.5) is 5.88 Å². The van der Waals surface area contributed by atoms with Gasteiger partial charge >= 0.3 is 0 Å². The van der Waals surface area contributed by atoms with Gasteiger partial charge in [-0.1, -0.05) is 12.1 Å². The summed E-state index contributed by atoms with van der Waals surface area (Å²) in [6.45, 7) is 1.95. The van der Waals surface area contributed by atoms with E-state index in [1.165, 1.54) is 6.42 Å². The Kier molecular flexibility index (Phi) is 6.23. The fourth-order valence-corrected chi connectivity index (χ4v) is 3.76. The maximum atomic E-state index is 10.00. The van der Waals surface area contributed by atoms with Crippen LogP contribution >= 0.6 is 0 Å². The van der Waals surface area contributed by atoms with E-state index in [0.717, 1.165) is 54.1 Å². The molecule has 3 aromatic rings. The van der Waals surface area contributed by atoms with Gasteiger partial charge in [0.25, 0.3) is 0 Å². The monoisotopic (exact) mass is 415 g/mol. The van der Waals surface area contributed by atoms with E-state index in [4.69, 9.17) is 13.9 Å². The van der Waals surface area contributed by atoms with Crippen LogP contribution in [0.3, 0.4) is 0 Å². The van der Waals surface area contributed by atoms with E-state index >= 15 is 0 Å². The van der Waals surface area contributed by atoms with E-state index in [0.29, 0.717) is 17.2 Å². The fraction of sp³-hybridized carbons (Fsp3) is 0.280. The average molecular weight is 415 g/mol. The highest BCUT2D eigenvalue weighted by Gasteiger charge is 2.23. The molecule has 1 aliphatic rings. The van der Waals surface area contributed by atoms with Crippen LogP contribution in [0.15, 0.2) is 57.9 Å². The van der Waals surface area contributed by atoms with Crippen LogP contribution in [-0.4, -0.2) is 38.5 Å². The van der Waals surface area contributed by atoms with Crippen molar-refractivity contribution in [2.75, 3.05) is 27.3 Å².